The molecule has 0 aliphatic carbocycles. The number of rotatable bonds is 14. The lowest BCUT2D eigenvalue weighted by atomic mass is 10.1. The van der Waals surface area contributed by atoms with Crippen LogP contribution in [0.15, 0.2) is 121 Å². The fourth-order valence-corrected chi connectivity index (χ4v) is 5.21. The molecule has 4 aromatic rings. The molecule has 13 nitrogen and oxygen atoms in total. The fraction of sp³-hybridized carbons (Fsp3) is 0.293. The number of nitrogens with one attached hydrogen (secondary N) is 1. The topological polar surface area (TPSA) is 162 Å². The molecule has 0 unspecified atom stereocenters. The Balaban J connectivity index is 1.40. The number of esters is 4. The lowest BCUT2D eigenvalue weighted by Crippen LogP contribution is -2.49. The maximum Gasteiger partial charge on any atom is 0.408 e. The van der Waals surface area contributed by atoms with Crippen molar-refractivity contribution in [2.45, 2.75) is 63.6 Å². The highest BCUT2D eigenvalue weighted by molar-refractivity contribution is 5.91. The van der Waals surface area contributed by atoms with Gasteiger partial charge in [0.25, 0.3) is 0 Å². The maximum absolute atomic E-state index is 13.4. The van der Waals surface area contributed by atoms with Crippen LogP contribution in [0.3, 0.4) is 0 Å². The van der Waals surface area contributed by atoms with Gasteiger partial charge in [0.1, 0.15) is 24.9 Å². The van der Waals surface area contributed by atoms with Gasteiger partial charge in [0.15, 0.2) is 24.5 Å². The number of ether oxygens (including phenoxy) is 7. The Morgan fingerprint density at radius 1 is 0.648 bits per heavy atom. The van der Waals surface area contributed by atoms with Crippen LogP contribution in [0.25, 0.3) is 0 Å². The Kier molecular flexibility index (Phi) is 13.5. The zero-order valence-corrected chi connectivity index (χ0v) is 30.0. The molecule has 0 saturated carbocycles. The van der Waals surface area contributed by atoms with Crippen LogP contribution in [0.2, 0.25) is 0 Å². The molecule has 0 spiro atoms. The van der Waals surface area contributed by atoms with Crippen molar-refractivity contribution < 1.29 is 57.1 Å². The van der Waals surface area contributed by atoms with Crippen LogP contribution in [0.1, 0.15) is 57.4 Å². The van der Waals surface area contributed by atoms with E-state index in [1.807, 2.05) is 6.07 Å². The second-order valence-electron chi connectivity index (χ2n) is 13.1. The van der Waals surface area contributed by atoms with Gasteiger partial charge in [0, 0.05) is 0 Å². The van der Waals surface area contributed by atoms with E-state index < -0.39 is 79.4 Å². The minimum absolute atomic E-state index is 0.0737. The van der Waals surface area contributed by atoms with Gasteiger partial charge in [-0.05, 0) is 62.7 Å². The van der Waals surface area contributed by atoms with Gasteiger partial charge in [0.2, 0.25) is 0 Å². The van der Waals surface area contributed by atoms with Crippen molar-refractivity contribution in [3.8, 4) is 0 Å². The van der Waals surface area contributed by atoms with Gasteiger partial charge < -0.3 is 38.5 Å². The predicted molar refractivity (Wildman–Crippen MR) is 192 cm³/mol. The number of amides is 1. The van der Waals surface area contributed by atoms with Crippen molar-refractivity contribution in [3.05, 3.63) is 144 Å². The molecule has 1 heterocycles. The molecule has 1 saturated heterocycles. The molecular formula is C41H41NO12. The highest BCUT2D eigenvalue weighted by Gasteiger charge is 2.51. The lowest BCUT2D eigenvalue weighted by molar-refractivity contribution is -0.182. The Labute approximate surface area is 312 Å². The minimum atomic E-state index is -1.50. The number of carbonyl (C=O) groups excluding carboxylic acids is 5. The van der Waals surface area contributed by atoms with E-state index in [1.54, 1.807) is 112 Å². The van der Waals surface area contributed by atoms with Gasteiger partial charge in [0.05, 0.1) is 23.3 Å². The zero-order valence-electron chi connectivity index (χ0n) is 30.0. The molecule has 0 radical (unpaired) electrons. The number of hydrogen-bond donors (Lipinski definition) is 1. The average molecular weight is 740 g/mol. The van der Waals surface area contributed by atoms with Crippen LogP contribution >= 0.6 is 0 Å². The molecule has 282 valence electrons. The van der Waals surface area contributed by atoms with Crippen molar-refractivity contribution in [2.75, 3.05) is 13.2 Å². The number of benzene rings is 4. The van der Waals surface area contributed by atoms with E-state index in [-0.39, 0.29) is 23.3 Å². The Morgan fingerprint density at radius 2 is 1.13 bits per heavy atom. The van der Waals surface area contributed by atoms with E-state index >= 15 is 0 Å². The number of carbonyl (C=O) groups is 5. The maximum atomic E-state index is 13.4. The molecule has 4 aromatic carbocycles. The smallest absolute Gasteiger partial charge is 0.408 e. The lowest BCUT2D eigenvalue weighted by Gasteiger charge is -2.27. The van der Waals surface area contributed by atoms with Gasteiger partial charge in [-0.1, -0.05) is 84.9 Å². The third-order valence-corrected chi connectivity index (χ3v) is 7.78. The third kappa shape index (κ3) is 11.5. The summed E-state index contributed by atoms with van der Waals surface area (Å²) in [5.41, 5.74) is 0.414. The molecule has 0 aromatic heterocycles. The fourth-order valence-electron chi connectivity index (χ4n) is 5.21. The molecule has 54 heavy (non-hydrogen) atoms. The Hall–Kier alpha value is -6.05. The van der Waals surface area contributed by atoms with Crippen LogP contribution in [0.5, 0.6) is 0 Å². The number of hydrogen-bond acceptors (Lipinski definition) is 12. The molecule has 1 N–H and O–H groups in total. The normalized spacial score (nSPS) is 18.4. The average Bonchev–Trinajstić information content (AvgIpc) is 3.49. The summed E-state index contributed by atoms with van der Waals surface area (Å²) < 4.78 is 40.4. The van der Waals surface area contributed by atoms with Crippen LogP contribution in [0, 0.1) is 0 Å². The van der Waals surface area contributed by atoms with Crippen molar-refractivity contribution in [3.63, 3.8) is 0 Å². The highest BCUT2D eigenvalue weighted by Crippen LogP contribution is 2.30. The summed E-state index contributed by atoms with van der Waals surface area (Å²) in [6.07, 6.45) is -6.47. The first-order chi connectivity index (χ1) is 26.0. The van der Waals surface area contributed by atoms with E-state index in [0.717, 1.165) is 5.56 Å². The van der Waals surface area contributed by atoms with E-state index in [0.29, 0.717) is 0 Å². The molecule has 1 aliphatic rings. The quantitative estimate of drug-likeness (QED) is 0.125. The number of alkyl carbamates (subject to hydrolysis) is 1. The van der Waals surface area contributed by atoms with Crippen molar-refractivity contribution in [2.24, 2.45) is 0 Å². The van der Waals surface area contributed by atoms with Crippen LogP contribution in [-0.4, -0.2) is 79.4 Å². The van der Waals surface area contributed by atoms with Crippen LogP contribution in [0.4, 0.5) is 4.79 Å². The van der Waals surface area contributed by atoms with Crippen molar-refractivity contribution in [1.29, 1.82) is 0 Å². The van der Waals surface area contributed by atoms with Gasteiger partial charge in [-0.15, -0.1) is 0 Å². The van der Waals surface area contributed by atoms with Crippen LogP contribution < -0.4 is 5.32 Å². The summed E-state index contributed by atoms with van der Waals surface area (Å²) in [6.45, 7) is 3.89. The van der Waals surface area contributed by atoms with Crippen molar-refractivity contribution >= 4 is 30.0 Å². The van der Waals surface area contributed by atoms with Gasteiger partial charge in [-0.3, -0.25) is 0 Å². The summed E-state index contributed by atoms with van der Waals surface area (Å²) in [5, 5.41) is 2.47. The van der Waals surface area contributed by atoms with Gasteiger partial charge in [-0.25, -0.2) is 24.0 Å². The second-order valence-corrected chi connectivity index (χ2v) is 13.1. The first-order valence-electron chi connectivity index (χ1n) is 17.2. The van der Waals surface area contributed by atoms with Crippen LogP contribution in [-0.2, 0) is 44.6 Å². The molecule has 1 fully saturated rings. The van der Waals surface area contributed by atoms with E-state index in [1.165, 1.54) is 24.3 Å². The molecule has 5 atom stereocenters. The molecule has 13 heteroatoms. The van der Waals surface area contributed by atoms with E-state index in [4.69, 9.17) is 33.2 Å². The SMILES string of the molecule is CC(C)(C)OC(=O)[C@H](CO[C@@H]1O[C@H](COC(=O)c2ccccc2)[C@@H](OC(=O)c2ccccc2)[C@@H]1OC(=O)c1ccccc1)NC(=O)OCc1ccccc1. The van der Waals surface area contributed by atoms with Crippen molar-refractivity contribution in [1.82, 2.24) is 5.32 Å². The van der Waals surface area contributed by atoms with Gasteiger partial charge in [-0.2, -0.15) is 0 Å². The molecule has 0 bridgehead atoms. The first kappa shape index (κ1) is 39.2. The van der Waals surface area contributed by atoms with E-state index in [9.17, 15) is 24.0 Å². The summed E-state index contributed by atoms with van der Waals surface area (Å²) in [6, 6.07) is 31.9. The Morgan fingerprint density at radius 3 is 1.65 bits per heavy atom. The summed E-state index contributed by atoms with van der Waals surface area (Å²) in [5.74, 6) is -3.11. The summed E-state index contributed by atoms with van der Waals surface area (Å²) in [4.78, 5) is 66.0. The largest absolute Gasteiger partial charge is 0.459 e. The summed E-state index contributed by atoms with van der Waals surface area (Å²) in [7, 11) is 0. The van der Waals surface area contributed by atoms with E-state index in [2.05, 4.69) is 5.32 Å². The zero-order chi connectivity index (χ0) is 38.5. The minimum Gasteiger partial charge on any atom is -0.459 e. The highest BCUT2D eigenvalue weighted by atomic mass is 16.7. The standard InChI is InChI=1S/C41H41NO12/c1-41(2,3)54-38(46)31(42-40(47)50-24-27-16-8-4-9-17-27)25-49-39-34(53-37(45)30-22-14-7-15-23-30)33(52-36(44)29-20-12-6-13-21-29)32(51-39)26-48-35(43)28-18-10-5-11-19-28/h4-23,31-34,39H,24-26H2,1-3H3,(H,42,47)/t31-,32+,33+,34-,39+/m0/s1. The van der Waals surface area contributed by atoms with Gasteiger partial charge >= 0.3 is 30.0 Å². The first-order valence-corrected chi connectivity index (χ1v) is 17.2. The molecule has 1 amide bonds. The predicted octanol–water partition coefficient (Wildman–Crippen LogP) is 5.67. The molecule has 5 rings (SSSR count). The molecule has 1 aliphatic heterocycles. The second kappa shape index (κ2) is 18.6. The summed E-state index contributed by atoms with van der Waals surface area (Å²) >= 11 is 0. The Bertz CT molecular complexity index is 1850. The molecular weight excluding hydrogens is 698 g/mol. The third-order valence-electron chi connectivity index (χ3n) is 7.78. The monoisotopic (exact) mass is 739 g/mol.